The maximum Gasteiger partial charge on any atom is 0.303 e. The fraction of sp³-hybridized carbons (Fsp3) is 0.750. The summed E-state index contributed by atoms with van der Waals surface area (Å²) < 4.78 is 0. The number of aliphatic carboxylic acids is 1. The van der Waals surface area contributed by atoms with E-state index in [9.17, 15) is 9.90 Å². The molecular weight excluding hydrogens is 288 g/mol. The van der Waals surface area contributed by atoms with Crippen LogP contribution >= 0.6 is 0 Å². The largest absolute Gasteiger partial charge is 0.481 e. The van der Waals surface area contributed by atoms with Crippen molar-refractivity contribution in [1.29, 1.82) is 0 Å². The van der Waals surface area contributed by atoms with E-state index in [1.807, 2.05) is 6.08 Å². The summed E-state index contributed by atoms with van der Waals surface area (Å²) in [4.78, 5) is 10.3. The van der Waals surface area contributed by atoms with Crippen molar-refractivity contribution in [2.24, 2.45) is 0 Å². The van der Waals surface area contributed by atoms with Crippen LogP contribution in [-0.2, 0) is 4.79 Å². The van der Waals surface area contributed by atoms with E-state index in [-0.39, 0.29) is 12.5 Å². The molecule has 2 N–H and O–H groups in total. The van der Waals surface area contributed by atoms with Crippen molar-refractivity contribution in [1.82, 2.24) is 0 Å². The van der Waals surface area contributed by atoms with Gasteiger partial charge < -0.3 is 10.2 Å². The van der Waals surface area contributed by atoms with E-state index in [2.05, 4.69) is 24.8 Å². The molecule has 0 aromatic carbocycles. The van der Waals surface area contributed by atoms with Gasteiger partial charge in [0.15, 0.2) is 0 Å². The number of hydrogen-bond acceptors (Lipinski definition) is 2. The topological polar surface area (TPSA) is 57.5 Å². The van der Waals surface area contributed by atoms with Crippen LogP contribution in [0, 0.1) is 11.8 Å². The molecular formula is C20H34O3. The minimum atomic E-state index is -0.739. The lowest BCUT2D eigenvalue weighted by atomic mass is 10.1. The van der Waals surface area contributed by atoms with Gasteiger partial charge in [-0.1, -0.05) is 51.2 Å². The number of rotatable bonds is 14. The number of hydrogen-bond donors (Lipinski definition) is 2. The summed E-state index contributed by atoms with van der Waals surface area (Å²) in [5.74, 6) is 5.42. The van der Waals surface area contributed by atoms with E-state index in [0.29, 0.717) is 12.8 Å². The molecule has 1 unspecified atom stereocenters. The third-order valence-electron chi connectivity index (χ3n) is 3.70. The Morgan fingerprint density at radius 2 is 1.65 bits per heavy atom. The Morgan fingerprint density at radius 1 is 1.00 bits per heavy atom. The highest BCUT2D eigenvalue weighted by molar-refractivity contribution is 5.66. The maximum atomic E-state index is 10.3. The Bertz CT molecular complexity index is 363. The van der Waals surface area contributed by atoms with E-state index in [1.54, 1.807) is 0 Å². The maximum absolute atomic E-state index is 10.3. The smallest absolute Gasteiger partial charge is 0.303 e. The van der Waals surface area contributed by atoms with Gasteiger partial charge in [-0.05, 0) is 32.1 Å². The van der Waals surface area contributed by atoms with Crippen LogP contribution in [-0.4, -0.2) is 22.3 Å². The summed E-state index contributed by atoms with van der Waals surface area (Å²) in [6.07, 6.45) is 16.5. The van der Waals surface area contributed by atoms with Crippen LogP contribution in [0.2, 0.25) is 0 Å². The minimum absolute atomic E-state index is 0.221. The van der Waals surface area contributed by atoms with Crippen LogP contribution in [0.1, 0.15) is 90.4 Å². The van der Waals surface area contributed by atoms with Gasteiger partial charge in [-0.2, -0.15) is 0 Å². The van der Waals surface area contributed by atoms with E-state index >= 15 is 0 Å². The molecule has 0 fully saturated rings. The summed E-state index contributed by atoms with van der Waals surface area (Å²) in [6, 6.07) is 0. The molecule has 0 aliphatic heterocycles. The Balaban J connectivity index is 3.29. The third-order valence-corrected chi connectivity index (χ3v) is 3.70. The molecule has 0 aliphatic carbocycles. The molecule has 0 aliphatic rings. The second kappa shape index (κ2) is 17.1. The number of aliphatic hydroxyl groups is 1. The zero-order valence-electron chi connectivity index (χ0n) is 14.7. The lowest BCUT2D eigenvalue weighted by Crippen LogP contribution is -2.00. The first-order chi connectivity index (χ1) is 11.2. The van der Waals surface area contributed by atoms with Crippen molar-refractivity contribution in [3.8, 4) is 11.8 Å². The van der Waals surface area contributed by atoms with Crippen LogP contribution in [0.15, 0.2) is 12.2 Å². The minimum Gasteiger partial charge on any atom is -0.481 e. The normalized spacial score (nSPS) is 12.1. The van der Waals surface area contributed by atoms with Crippen LogP contribution in [0.25, 0.3) is 0 Å². The quantitative estimate of drug-likeness (QED) is 0.266. The van der Waals surface area contributed by atoms with Crippen LogP contribution < -0.4 is 0 Å². The van der Waals surface area contributed by atoms with Gasteiger partial charge in [0, 0.05) is 19.3 Å². The molecule has 1 atom stereocenters. The van der Waals surface area contributed by atoms with Gasteiger partial charge in [0.05, 0.1) is 6.10 Å². The van der Waals surface area contributed by atoms with Gasteiger partial charge in [-0.15, -0.1) is 11.8 Å². The first-order valence-corrected chi connectivity index (χ1v) is 9.19. The van der Waals surface area contributed by atoms with Gasteiger partial charge in [-0.25, -0.2) is 0 Å². The first kappa shape index (κ1) is 21.7. The van der Waals surface area contributed by atoms with Crippen molar-refractivity contribution in [2.45, 2.75) is 96.5 Å². The lowest BCUT2D eigenvalue weighted by Gasteiger charge is -2.03. The Hall–Kier alpha value is -1.27. The number of aliphatic hydroxyl groups excluding tert-OH is 1. The standard InChI is InChI=1S/C20H34O3/c1-2-3-16-19(21)17-14-12-10-8-6-4-5-7-9-11-13-15-18-20(22)23/h14,17,19,21H,2-8,10,12-13,15-16,18H2,1H3,(H,22,23)/b17-14+. The van der Waals surface area contributed by atoms with E-state index in [4.69, 9.17) is 5.11 Å². The summed E-state index contributed by atoms with van der Waals surface area (Å²) >= 11 is 0. The third kappa shape index (κ3) is 18.7. The first-order valence-electron chi connectivity index (χ1n) is 9.19. The number of carboxylic acid groups (broad SMARTS) is 1. The molecule has 0 saturated carbocycles. The van der Waals surface area contributed by atoms with E-state index in [0.717, 1.165) is 38.5 Å². The molecule has 132 valence electrons. The van der Waals surface area contributed by atoms with Crippen LogP contribution in [0.4, 0.5) is 0 Å². The second-order valence-electron chi connectivity index (χ2n) is 6.05. The molecule has 0 aromatic heterocycles. The van der Waals surface area contributed by atoms with E-state index < -0.39 is 5.97 Å². The summed E-state index contributed by atoms with van der Waals surface area (Å²) in [5, 5.41) is 18.1. The fourth-order valence-electron chi connectivity index (χ4n) is 2.27. The average molecular weight is 322 g/mol. The Morgan fingerprint density at radius 3 is 2.35 bits per heavy atom. The highest BCUT2D eigenvalue weighted by atomic mass is 16.4. The fourth-order valence-corrected chi connectivity index (χ4v) is 2.27. The van der Waals surface area contributed by atoms with Crippen molar-refractivity contribution < 1.29 is 15.0 Å². The van der Waals surface area contributed by atoms with Crippen molar-refractivity contribution in [3.63, 3.8) is 0 Å². The van der Waals surface area contributed by atoms with Gasteiger partial charge in [-0.3, -0.25) is 4.79 Å². The van der Waals surface area contributed by atoms with Gasteiger partial charge >= 0.3 is 5.97 Å². The Labute approximate surface area is 142 Å². The van der Waals surface area contributed by atoms with Gasteiger partial charge in [0.1, 0.15) is 0 Å². The number of carbonyl (C=O) groups is 1. The molecule has 0 aromatic rings. The number of carboxylic acids is 1. The second-order valence-corrected chi connectivity index (χ2v) is 6.05. The van der Waals surface area contributed by atoms with Crippen molar-refractivity contribution in [2.75, 3.05) is 0 Å². The number of allylic oxidation sites excluding steroid dienone is 1. The number of unbranched alkanes of at least 4 members (excludes halogenated alkanes) is 8. The predicted molar refractivity (Wildman–Crippen MR) is 96.3 cm³/mol. The molecule has 23 heavy (non-hydrogen) atoms. The zero-order chi connectivity index (χ0) is 17.2. The average Bonchev–Trinajstić information content (AvgIpc) is 2.52. The molecule has 0 bridgehead atoms. The molecule has 0 radical (unpaired) electrons. The zero-order valence-corrected chi connectivity index (χ0v) is 14.7. The molecule has 0 rings (SSSR count). The molecule has 0 heterocycles. The SMILES string of the molecule is CCCCC(O)/C=C/CCCCCCCC#CCCCC(=O)O. The Kier molecular flexibility index (Phi) is 16.1. The predicted octanol–water partition coefficient (Wildman–Crippen LogP) is 5.08. The summed E-state index contributed by atoms with van der Waals surface area (Å²) in [6.45, 7) is 2.14. The van der Waals surface area contributed by atoms with E-state index in [1.165, 1.54) is 25.7 Å². The highest BCUT2D eigenvalue weighted by Crippen LogP contribution is 2.08. The van der Waals surface area contributed by atoms with Crippen LogP contribution in [0.3, 0.4) is 0 Å². The molecule has 3 heteroatoms. The highest BCUT2D eigenvalue weighted by Gasteiger charge is 1.96. The summed E-state index contributed by atoms with van der Waals surface area (Å²) in [7, 11) is 0. The van der Waals surface area contributed by atoms with Gasteiger partial charge in [0.2, 0.25) is 0 Å². The molecule has 0 spiro atoms. The molecule has 3 nitrogen and oxygen atoms in total. The van der Waals surface area contributed by atoms with Crippen LogP contribution in [0.5, 0.6) is 0 Å². The van der Waals surface area contributed by atoms with Gasteiger partial charge in [0.25, 0.3) is 0 Å². The molecule has 0 saturated heterocycles. The summed E-state index contributed by atoms with van der Waals surface area (Å²) in [5.41, 5.74) is 0. The lowest BCUT2D eigenvalue weighted by molar-refractivity contribution is -0.137. The van der Waals surface area contributed by atoms with Crippen molar-refractivity contribution in [3.05, 3.63) is 12.2 Å². The molecule has 0 amide bonds. The monoisotopic (exact) mass is 322 g/mol. The van der Waals surface area contributed by atoms with Crippen molar-refractivity contribution >= 4 is 5.97 Å².